The number of rotatable bonds is 9. The van der Waals surface area contributed by atoms with Gasteiger partial charge in [0, 0.05) is 29.1 Å². The number of carbonyl (C=O) groups excluding carboxylic acids is 1. The highest BCUT2D eigenvalue weighted by atomic mass is 32.2. The first-order chi connectivity index (χ1) is 17.4. The molecule has 1 heterocycles. The molecule has 0 aliphatic heterocycles. The topological polar surface area (TPSA) is 103 Å². The van der Waals surface area contributed by atoms with Crippen molar-refractivity contribution in [1.29, 1.82) is 0 Å². The summed E-state index contributed by atoms with van der Waals surface area (Å²) >= 11 is 1.48. The Balaban J connectivity index is 1.63. The number of hydrogen-bond acceptors (Lipinski definition) is 6. The number of para-hydroxylation sites is 1. The van der Waals surface area contributed by atoms with Gasteiger partial charge in [-0.1, -0.05) is 60.6 Å². The molecule has 1 amide bonds. The Morgan fingerprint density at radius 2 is 1.75 bits per heavy atom. The summed E-state index contributed by atoms with van der Waals surface area (Å²) < 4.78 is 1.85. The van der Waals surface area contributed by atoms with E-state index in [9.17, 15) is 14.9 Å². The maximum Gasteiger partial charge on any atom is 0.280 e. The average molecular weight is 502 g/mol. The van der Waals surface area contributed by atoms with E-state index in [-0.39, 0.29) is 17.6 Å². The molecule has 0 radical (unpaired) electrons. The second-order valence-electron chi connectivity index (χ2n) is 8.52. The maximum absolute atomic E-state index is 12.4. The zero-order chi connectivity index (χ0) is 25.7. The second-order valence-corrected chi connectivity index (χ2v) is 9.46. The fourth-order valence-corrected chi connectivity index (χ4v) is 4.50. The summed E-state index contributed by atoms with van der Waals surface area (Å²) in [5.41, 5.74) is 3.93. The van der Waals surface area contributed by atoms with Gasteiger partial charge in [-0.25, -0.2) is 0 Å². The molecule has 1 aromatic heterocycles. The third-order valence-electron chi connectivity index (χ3n) is 5.84. The van der Waals surface area contributed by atoms with Gasteiger partial charge in [-0.2, -0.15) is 0 Å². The highest BCUT2D eigenvalue weighted by Gasteiger charge is 2.23. The van der Waals surface area contributed by atoms with Gasteiger partial charge in [0.25, 0.3) is 11.6 Å². The molecule has 0 aliphatic rings. The first kappa shape index (κ1) is 25.1. The first-order valence-corrected chi connectivity index (χ1v) is 12.6. The van der Waals surface area contributed by atoms with Crippen LogP contribution in [0.15, 0.2) is 78.0 Å². The second kappa shape index (κ2) is 11.2. The van der Waals surface area contributed by atoms with Crippen molar-refractivity contribution in [3.63, 3.8) is 0 Å². The van der Waals surface area contributed by atoms with Crippen LogP contribution >= 0.6 is 11.8 Å². The van der Waals surface area contributed by atoms with Crippen LogP contribution in [-0.4, -0.2) is 31.6 Å². The standard InChI is InChI=1S/C27H27N5O3S/c1-4-19(3)28-26(33)21-13-11-20(12-14-21)17-36-27-30-29-25(23-7-5-6-8-24(23)32(34)35)31(27)22-15-9-18(2)10-16-22/h5-16,19H,4,17H2,1-3H3,(H,28,33). The molecule has 0 spiro atoms. The van der Waals surface area contributed by atoms with E-state index in [1.165, 1.54) is 17.8 Å². The van der Waals surface area contributed by atoms with Gasteiger partial charge >= 0.3 is 0 Å². The lowest BCUT2D eigenvalue weighted by atomic mass is 10.1. The van der Waals surface area contributed by atoms with E-state index in [2.05, 4.69) is 15.5 Å². The molecule has 36 heavy (non-hydrogen) atoms. The van der Waals surface area contributed by atoms with Crippen LogP contribution in [0.2, 0.25) is 0 Å². The number of nitro benzene ring substituents is 1. The Morgan fingerprint density at radius 1 is 1.06 bits per heavy atom. The molecule has 1 unspecified atom stereocenters. The molecule has 4 aromatic rings. The minimum atomic E-state index is -0.407. The number of hydrogen-bond donors (Lipinski definition) is 1. The van der Waals surface area contributed by atoms with Gasteiger partial charge < -0.3 is 5.32 Å². The Labute approximate surface area is 213 Å². The smallest absolute Gasteiger partial charge is 0.280 e. The minimum Gasteiger partial charge on any atom is -0.350 e. The van der Waals surface area contributed by atoms with Gasteiger partial charge in [-0.3, -0.25) is 19.5 Å². The number of nitrogens with one attached hydrogen (secondary N) is 1. The van der Waals surface area contributed by atoms with Gasteiger partial charge in [-0.05, 0) is 56.2 Å². The predicted octanol–water partition coefficient (Wildman–Crippen LogP) is 5.97. The van der Waals surface area contributed by atoms with Crippen molar-refractivity contribution in [2.75, 3.05) is 0 Å². The zero-order valence-electron chi connectivity index (χ0n) is 20.3. The third-order valence-corrected chi connectivity index (χ3v) is 6.84. The van der Waals surface area contributed by atoms with Crippen molar-refractivity contribution in [3.8, 4) is 17.1 Å². The summed E-state index contributed by atoms with van der Waals surface area (Å²) in [5, 5.41) is 24.0. The normalized spacial score (nSPS) is 11.8. The summed E-state index contributed by atoms with van der Waals surface area (Å²) in [6, 6.07) is 22.0. The number of nitro groups is 1. The Hall–Kier alpha value is -3.98. The van der Waals surface area contributed by atoms with Crippen LogP contribution in [0.3, 0.4) is 0 Å². The van der Waals surface area contributed by atoms with Crippen LogP contribution < -0.4 is 5.32 Å². The van der Waals surface area contributed by atoms with E-state index >= 15 is 0 Å². The number of aromatic nitrogens is 3. The number of amides is 1. The summed E-state index contributed by atoms with van der Waals surface area (Å²) in [7, 11) is 0. The van der Waals surface area contributed by atoms with Crippen molar-refractivity contribution in [2.45, 2.75) is 44.1 Å². The number of thioether (sulfide) groups is 1. The van der Waals surface area contributed by atoms with E-state index in [1.54, 1.807) is 18.2 Å². The quantitative estimate of drug-likeness (QED) is 0.172. The maximum atomic E-state index is 12.4. The number of aryl methyl sites for hydroxylation is 1. The minimum absolute atomic E-state index is 0.0268. The fraction of sp³-hybridized carbons (Fsp3) is 0.222. The van der Waals surface area contributed by atoms with Gasteiger partial charge in [0.2, 0.25) is 0 Å². The van der Waals surface area contributed by atoms with Crippen LogP contribution in [-0.2, 0) is 5.75 Å². The van der Waals surface area contributed by atoms with Crippen LogP contribution in [0, 0.1) is 17.0 Å². The molecule has 0 aliphatic carbocycles. The van der Waals surface area contributed by atoms with E-state index in [4.69, 9.17) is 0 Å². The summed E-state index contributed by atoms with van der Waals surface area (Å²) in [6.07, 6.45) is 0.871. The highest BCUT2D eigenvalue weighted by Crippen LogP contribution is 2.34. The Morgan fingerprint density at radius 3 is 2.42 bits per heavy atom. The van der Waals surface area contributed by atoms with Crippen LogP contribution in [0.4, 0.5) is 5.69 Å². The molecule has 0 fully saturated rings. The van der Waals surface area contributed by atoms with Crippen LogP contribution in [0.1, 0.15) is 41.8 Å². The molecule has 1 N–H and O–H groups in total. The Kier molecular flexibility index (Phi) is 7.80. The molecule has 1 atom stereocenters. The number of nitrogens with zero attached hydrogens (tertiary/aromatic N) is 4. The largest absolute Gasteiger partial charge is 0.350 e. The van der Waals surface area contributed by atoms with Crippen LogP contribution in [0.5, 0.6) is 0 Å². The molecular weight excluding hydrogens is 474 g/mol. The SMILES string of the molecule is CCC(C)NC(=O)c1ccc(CSc2nnc(-c3ccccc3[N+](=O)[O-])n2-c2ccc(C)cc2)cc1. The van der Waals surface area contributed by atoms with Crippen molar-refractivity contribution in [3.05, 3.63) is 99.6 Å². The summed E-state index contributed by atoms with van der Waals surface area (Å²) in [5.74, 6) is 0.913. The predicted molar refractivity (Wildman–Crippen MR) is 141 cm³/mol. The third kappa shape index (κ3) is 5.63. The van der Waals surface area contributed by atoms with Crippen molar-refractivity contribution < 1.29 is 9.72 Å². The number of carbonyl (C=O) groups is 1. The van der Waals surface area contributed by atoms with Crippen LogP contribution in [0.25, 0.3) is 17.1 Å². The molecule has 8 nitrogen and oxygen atoms in total. The van der Waals surface area contributed by atoms with E-state index in [1.807, 2.05) is 73.9 Å². The lowest BCUT2D eigenvalue weighted by Crippen LogP contribution is -2.31. The van der Waals surface area contributed by atoms with Gasteiger partial charge in [-0.15, -0.1) is 10.2 Å². The first-order valence-electron chi connectivity index (χ1n) is 11.7. The summed E-state index contributed by atoms with van der Waals surface area (Å²) in [6.45, 7) is 6.01. The van der Waals surface area contributed by atoms with Crippen molar-refractivity contribution in [1.82, 2.24) is 20.1 Å². The van der Waals surface area contributed by atoms with Gasteiger partial charge in [0.05, 0.1) is 10.5 Å². The van der Waals surface area contributed by atoms with Crippen molar-refractivity contribution in [2.24, 2.45) is 0 Å². The summed E-state index contributed by atoms with van der Waals surface area (Å²) in [4.78, 5) is 23.6. The molecule has 4 rings (SSSR count). The van der Waals surface area contributed by atoms with Gasteiger partial charge in [0.15, 0.2) is 11.0 Å². The lowest BCUT2D eigenvalue weighted by Gasteiger charge is -2.12. The molecule has 0 saturated carbocycles. The Bertz CT molecular complexity index is 1370. The van der Waals surface area contributed by atoms with Crippen molar-refractivity contribution >= 4 is 23.4 Å². The molecule has 9 heteroatoms. The molecule has 0 saturated heterocycles. The zero-order valence-corrected chi connectivity index (χ0v) is 21.2. The van der Waals surface area contributed by atoms with Gasteiger partial charge in [0.1, 0.15) is 0 Å². The lowest BCUT2D eigenvalue weighted by molar-refractivity contribution is -0.384. The molecule has 0 bridgehead atoms. The molecular formula is C27H27N5O3S. The monoisotopic (exact) mass is 501 g/mol. The highest BCUT2D eigenvalue weighted by molar-refractivity contribution is 7.98. The molecule has 184 valence electrons. The average Bonchev–Trinajstić information content (AvgIpc) is 3.31. The van der Waals surface area contributed by atoms with E-state index < -0.39 is 4.92 Å². The van der Waals surface area contributed by atoms with E-state index in [0.717, 1.165) is 23.2 Å². The fourth-order valence-electron chi connectivity index (χ4n) is 3.60. The number of benzene rings is 3. The van der Waals surface area contributed by atoms with E-state index in [0.29, 0.717) is 27.9 Å². The molecule has 3 aromatic carbocycles.